The highest BCUT2D eigenvalue weighted by Crippen LogP contribution is 2.26. The highest BCUT2D eigenvalue weighted by Gasteiger charge is 2.10. The first kappa shape index (κ1) is 16.1. The Labute approximate surface area is 144 Å². The lowest BCUT2D eigenvalue weighted by atomic mass is 10.1. The second kappa shape index (κ2) is 7.23. The lowest BCUT2D eigenvalue weighted by molar-refractivity contribution is -0.115. The standard InChI is InChI=1S/C18H17N3O2S/c1-12-4-3-5-14(10-12)17-20-21-18(24-17)19-16(22)11-13-6-8-15(23-2)9-7-13/h3-10H,11H2,1-2H3,(H,19,21,22). The zero-order valence-electron chi connectivity index (χ0n) is 13.4. The van der Waals surface area contributed by atoms with Crippen molar-refractivity contribution >= 4 is 22.4 Å². The maximum atomic E-state index is 12.1. The molecule has 5 nitrogen and oxygen atoms in total. The van der Waals surface area contributed by atoms with E-state index in [2.05, 4.69) is 15.5 Å². The zero-order chi connectivity index (χ0) is 16.9. The Morgan fingerprint density at radius 2 is 1.96 bits per heavy atom. The van der Waals surface area contributed by atoms with Crippen molar-refractivity contribution in [2.45, 2.75) is 13.3 Å². The number of carbonyl (C=O) groups is 1. The van der Waals surface area contributed by atoms with Crippen LogP contribution in [0.15, 0.2) is 48.5 Å². The van der Waals surface area contributed by atoms with Gasteiger partial charge >= 0.3 is 0 Å². The summed E-state index contributed by atoms with van der Waals surface area (Å²) in [5.41, 5.74) is 3.08. The first-order chi connectivity index (χ1) is 11.6. The molecule has 0 aliphatic carbocycles. The van der Waals surface area contributed by atoms with Crippen molar-refractivity contribution in [3.8, 4) is 16.3 Å². The molecule has 0 atom stereocenters. The van der Waals surface area contributed by atoms with Gasteiger partial charge in [0.15, 0.2) is 0 Å². The van der Waals surface area contributed by atoms with Crippen LogP contribution in [0.2, 0.25) is 0 Å². The SMILES string of the molecule is COc1ccc(CC(=O)Nc2nnc(-c3cccc(C)c3)s2)cc1. The van der Waals surface area contributed by atoms with Crippen LogP contribution in [0.3, 0.4) is 0 Å². The maximum absolute atomic E-state index is 12.1. The first-order valence-corrected chi connectivity index (χ1v) is 8.29. The number of aromatic nitrogens is 2. The molecule has 1 aromatic heterocycles. The summed E-state index contributed by atoms with van der Waals surface area (Å²) in [5, 5.41) is 12.3. The van der Waals surface area contributed by atoms with E-state index in [-0.39, 0.29) is 12.3 Å². The van der Waals surface area contributed by atoms with Gasteiger partial charge in [-0.15, -0.1) is 10.2 Å². The fourth-order valence-electron chi connectivity index (χ4n) is 2.26. The summed E-state index contributed by atoms with van der Waals surface area (Å²) in [6, 6.07) is 15.5. The van der Waals surface area contributed by atoms with Gasteiger partial charge in [0.05, 0.1) is 13.5 Å². The number of hydrogen-bond acceptors (Lipinski definition) is 5. The lowest BCUT2D eigenvalue weighted by Gasteiger charge is -2.03. The first-order valence-electron chi connectivity index (χ1n) is 7.47. The van der Waals surface area contributed by atoms with E-state index in [0.29, 0.717) is 5.13 Å². The van der Waals surface area contributed by atoms with Crippen LogP contribution in [0, 0.1) is 6.92 Å². The van der Waals surface area contributed by atoms with Gasteiger partial charge in [-0.25, -0.2) is 0 Å². The van der Waals surface area contributed by atoms with E-state index in [1.54, 1.807) is 7.11 Å². The number of rotatable bonds is 5. The third-order valence-corrected chi connectivity index (χ3v) is 4.35. The quantitative estimate of drug-likeness (QED) is 0.770. The Hall–Kier alpha value is -2.73. The van der Waals surface area contributed by atoms with Gasteiger partial charge in [0.1, 0.15) is 10.8 Å². The number of methoxy groups -OCH3 is 1. The molecule has 0 fully saturated rings. The predicted octanol–water partition coefficient (Wildman–Crippen LogP) is 3.70. The Kier molecular flexibility index (Phi) is 4.86. The highest BCUT2D eigenvalue weighted by atomic mass is 32.1. The van der Waals surface area contributed by atoms with Crippen LogP contribution < -0.4 is 10.1 Å². The van der Waals surface area contributed by atoms with E-state index in [4.69, 9.17) is 4.74 Å². The van der Waals surface area contributed by atoms with Crippen LogP contribution in [0.1, 0.15) is 11.1 Å². The van der Waals surface area contributed by atoms with Crippen LogP contribution >= 0.6 is 11.3 Å². The molecular formula is C18H17N3O2S. The summed E-state index contributed by atoms with van der Waals surface area (Å²) in [6.45, 7) is 2.03. The van der Waals surface area contributed by atoms with E-state index in [1.165, 1.54) is 11.3 Å². The van der Waals surface area contributed by atoms with E-state index < -0.39 is 0 Å². The summed E-state index contributed by atoms with van der Waals surface area (Å²) in [4.78, 5) is 12.1. The van der Waals surface area contributed by atoms with Gasteiger partial charge in [-0.1, -0.05) is 47.2 Å². The van der Waals surface area contributed by atoms with E-state index in [0.717, 1.165) is 27.4 Å². The van der Waals surface area contributed by atoms with Crippen molar-refractivity contribution in [3.63, 3.8) is 0 Å². The highest BCUT2D eigenvalue weighted by molar-refractivity contribution is 7.18. The smallest absolute Gasteiger partial charge is 0.230 e. The second-order valence-electron chi connectivity index (χ2n) is 5.35. The monoisotopic (exact) mass is 339 g/mol. The Morgan fingerprint density at radius 3 is 2.67 bits per heavy atom. The molecule has 3 rings (SSSR count). The van der Waals surface area contributed by atoms with Crippen molar-refractivity contribution in [1.29, 1.82) is 0 Å². The van der Waals surface area contributed by atoms with Crippen LogP contribution in [0.5, 0.6) is 5.75 Å². The number of benzene rings is 2. The normalized spacial score (nSPS) is 10.4. The number of nitrogens with one attached hydrogen (secondary N) is 1. The third-order valence-electron chi connectivity index (χ3n) is 3.46. The molecule has 0 aliphatic rings. The minimum absolute atomic E-state index is 0.118. The van der Waals surface area contributed by atoms with Crippen LogP contribution in [-0.2, 0) is 11.2 Å². The van der Waals surface area contributed by atoms with Gasteiger partial charge in [-0.3, -0.25) is 4.79 Å². The second-order valence-corrected chi connectivity index (χ2v) is 6.33. The summed E-state index contributed by atoms with van der Waals surface area (Å²) in [5.74, 6) is 0.651. The summed E-state index contributed by atoms with van der Waals surface area (Å²) < 4.78 is 5.11. The number of amides is 1. The molecule has 3 aromatic rings. The predicted molar refractivity (Wildman–Crippen MR) is 95.4 cm³/mol. The Morgan fingerprint density at radius 1 is 1.17 bits per heavy atom. The number of hydrogen-bond donors (Lipinski definition) is 1. The lowest BCUT2D eigenvalue weighted by Crippen LogP contribution is -2.14. The molecule has 0 saturated heterocycles. The van der Waals surface area contributed by atoms with Crippen LogP contribution in [0.25, 0.3) is 10.6 Å². The molecule has 0 saturated carbocycles. The Balaban J connectivity index is 1.64. The van der Waals surface area contributed by atoms with Crippen molar-refractivity contribution in [2.75, 3.05) is 12.4 Å². The van der Waals surface area contributed by atoms with Gasteiger partial charge in [0, 0.05) is 5.56 Å². The molecule has 24 heavy (non-hydrogen) atoms. The van der Waals surface area contributed by atoms with E-state index in [9.17, 15) is 4.79 Å². The average molecular weight is 339 g/mol. The average Bonchev–Trinajstić information content (AvgIpc) is 3.04. The molecule has 0 spiro atoms. The van der Waals surface area contributed by atoms with Gasteiger partial charge in [0.25, 0.3) is 0 Å². The van der Waals surface area contributed by atoms with Crippen molar-refractivity contribution in [1.82, 2.24) is 10.2 Å². The minimum Gasteiger partial charge on any atom is -0.497 e. The zero-order valence-corrected chi connectivity index (χ0v) is 14.3. The van der Waals surface area contributed by atoms with Gasteiger partial charge in [0.2, 0.25) is 11.0 Å². The molecule has 2 aromatic carbocycles. The fourth-order valence-corrected chi connectivity index (χ4v) is 3.02. The molecule has 0 bridgehead atoms. The van der Waals surface area contributed by atoms with E-state index in [1.807, 2.05) is 55.5 Å². The Bertz CT molecular complexity index is 843. The molecule has 0 aliphatic heterocycles. The summed E-state index contributed by atoms with van der Waals surface area (Å²) in [6.07, 6.45) is 0.281. The van der Waals surface area contributed by atoms with Crippen LogP contribution in [0.4, 0.5) is 5.13 Å². The van der Waals surface area contributed by atoms with Gasteiger partial charge in [-0.05, 0) is 30.7 Å². The van der Waals surface area contributed by atoms with Gasteiger partial charge < -0.3 is 10.1 Å². The summed E-state index contributed by atoms with van der Waals surface area (Å²) >= 11 is 1.37. The fraction of sp³-hybridized carbons (Fsp3) is 0.167. The molecule has 1 N–H and O–H groups in total. The number of carbonyl (C=O) groups excluding carboxylic acids is 1. The molecule has 0 radical (unpaired) electrons. The number of nitrogens with zero attached hydrogens (tertiary/aromatic N) is 2. The molecule has 122 valence electrons. The maximum Gasteiger partial charge on any atom is 0.230 e. The van der Waals surface area contributed by atoms with Crippen molar-refractivity contribution in [3.05, 3.63) is 59.7 Å². The number of aryl methyl sites for hydroxylation is 1. The molecule has 6 heteroatoms. The molecule has 1 heterocycles. The minimum atomic E-state index is -0.118. The molecular weight excluding hydrogens is 322 g/mol. The topological polar surface area (TPSA) is 64.1 Å². The van der Waals surface area contributed by atoms with Gasteiger partial charge in [-0.2, -0.15) is 0 Å². The number of ether oxygens (including phenoxy) is 1. The van der Waals surface area contributed by atoms with Crippen molar-refractivity contribution in [2.24, 2.45) is 0 Å². The largest absolute Gasteiger partial charge is 0.497 e. The van der Waals surface area contributed by atoms with Crippen LogP contribution in [-0.4, -0.2) is 23.2 Å². The molecule has 1 amide bonds. The van der Waals surface area contributed by atoms with Crippen molar-refractivity contribution < 1.29 is 9.53 Å². The molecule has 0 unspecified atom stereocenters. The summed E-state index contributed by atoms with van der Waals surface area (Å²) in [7, 11) is 1.61. The van der Waals surface area contributed by atoms with E-state index >= 15 is 0 Å². The third kappa shape index (κ3) is 3.97. The number of anilines is 1.